The van der Waals surface area contributed by atoms with Gasteiger partial charge in [0.2, 0.25) is 0 Å². The van der Waals surface area contributed by atoms with Gasteiger partial charge in [-0.1, -0.05) is 38.1 Å². The minimum absolute atomic E-state index is 0.362. The molecule has 0 amide bonds. The van der Waals surface area contributed by atoms with E-state index in [1.54, 1.807) is 0 Å². The van der Waals surface area contributed by atoms with E-state index in [0.29, 0.717) is 12.0 Å². The van der Waals surface area contributed by atoms with Gasteiger partial charge in [0.15, 0.2) is 0 Å². The number of hydrogen-bond donors (Lipinski definition) is 1. The van der Waals surface area contributed by atoms with Crippen LogP contribution in [0.3, 0.4) is 0 Å². The number of nitrogens with one attached hydrogen (secondary N) is 1. The van der Waals surface area contributed by atoms with Gasteiger partial charge >= 0.3 is 0 Å². The molecular formula is C16H23N3S. The van der Waals surface area contributed by atoms with Gasteiger partial charge in [-0.3, -0.25) is 4.68 Å². The molecule has 4 heteroatoms. The Hall–Kier alpha value is -1.26. The van der Waals surface area contributed by atoms with Crippen LogP contribution in [0, 0.1) is 0 Å². The topological polar surface area (TPSA) is 29.9 Å². The maximum absolute atomic E-state index is 4.20. The summed E-state index contributed by atoms with van der Waals surface area (Å²) in [6.07, 6.45) is 3.97. The van der Waals surface area contributed by atoms with Gasteiger partial charge in [-0.05, 0) is 24.1 Å². The van der Waals surface area contributed by atoms with E-state index in [1.165, 1.54) is 16.0 Å². The van der Waals surface area contributed by atoms with E-state index in [2.05, 4.69) is 54.7 Å². The van der Waals surface area contributed by atoms with Gasteiger partial charge in [0, 0.05) is 29.9 Å². The zero-order valence-electron chi connectivity index (χ0n) is 12.6. The number of aromatic nitrogens is 2. The van der Waals surface area contributed by atoms with Crippen LogP contribution in [0.2, 0.25) is 0 Å². The van der Waals surface area contributed by atoms with Gasteiger partial charge in [0.1, 0.15) is 0 Å². The van der Waals surface area contributed by atoms with Crippen molar-refractivity contribution < 1.29 is 0 Å². The lowest BCUT2D eigenvalue weighted by Gasteiger charge is -2.17. The summed E-state index contributed by atoms with van der Waals surface area (Å²) in [7, 11) is 3.97. The third-order valence-electron chi connectivity index (χ3n) is 3.45. The molecule has 0 spiro atoms. The molecule has 0 aliphatic rings. The molecule has 0 fully saturated rings. The smallest absolute Gasteiger partial charge is 0.0625 e. The molecule has 3 nitrogen and oxygen atoms in total. The molecule has 1 atom stereocenters. The molecule has 0 aliphatic heterocycles. The van der Waals surface area contributed by atoms with E-state index in [-0.39, 0.29) is 0 Å². The number of hydrogen-bond acceptors (Lipinski definition) is 3. The molecule has 1 aromatic carbocycles. The molecule has 2 aromatic rings. The standard InChI is InChI=1S/C16H23N3S/c1-12(2)13-5-7-14(8-6-13)16(17-3)11-20-15-9-18-19(4)10-15/h5-10,12,16-17H,11H2,1-4H3. The lowest BCUT2D eigenvalue weighted by Crippen LogP contribution is -2.18. The van der Waals surface area contributed by atoms with Gasteiger partial charge in [0.05, 0.1) is 6.20 Å². The number of aryl methyl sites for hydroxylation is 1. The molecule has 0 aliphatic carbocycles. The molecule has 0 saturated heterocycles. The average Bonchev–Trinajstić information content (AvgIpc) is 2.86. The van der Waals surface area contributed by atoms with E-state index in [9.17, 15) is 0 Å². The first-order chi connectivity index (χ1) is 9.60. The summed E-state index contributed by atoms with van der Waals surface area (Å²) in [5.74, 6) is 1.59. The number of thioether (sulfide) groups is 1. The van der Waals surface area contributed by atoms with Gasteiger partial charge in [-0.2, -0.15) is 5.10 Å². The van der Waals surface area contributed by atoms with Gasteiger partial charge < -0.3 is 5.32 Å². The van der Waals surface area contributed by atoms with Crippen molar-refractivity contribution in [1.29, 1.82) is 0 Å². The second-order valence-electron chi connectivity index (χ2n) is 5.32. The first-order valence-electron chi connectivity index (χ1n) is 6.98. The molecule has 20 heavy (non-hydrogen) atoms. The second kappa shape index (κ2) is 6.95. The van der Waals surface area contributed by atoms with Gasteiger partial charge in [0.25, 0.3) is 0 Å². The highest BCUT2D eigenvalue weighted by Crippen LogP contribution is 2.25. The van der Waals surface area contributed by atoms with Crippen LogP contribution in [0.15, 0.2) is 41.6 Å². The summed E-state index contributed by atoms with van der Waals surface area (Å²) in [6.45, 7) is 4.45. The van der Waals surface area contributed by atoms with Crippen LogP contribution in [0.4, 0.5) is 0 Å². The normalized spacial score (nSPS) is 12.8. The Morgan fingerprint density at radius 1 is 1.20 bits per heavy atom. The quantitative estimate of drug-likeness (QED) is 0.824. The van der Waals surface area contributed by atoms with Crippen LogP contribution in [-0.2, 0) is 7.05 Å². The summed E-state index contributed by atoms with van der Waals surface area (Å²) < 4.78 is 1.84. The Morgan fingerprint density at radius 2 is 1.85 bits per heavy atom. The van der Waals surface area contributed by atoms with Crippen LogP contribution in [0.25, 0.3) is 0 Å². The monoisotopic (exact) mass is 289 g/mol. The van der Waals surface area contributed by atoms with Crippen LogP contribution in [0.1, 0.15) is 36.9 Å². The van der Waals surface area contributed by atoms with E-state index in [4.69, 9.17) is 0 Å². The van der Waals surface area contributed by atoms with Crippen molar-refractivity contribution >= 4 is 11.8 Å². The third kappa shape index (κ3) is 3.87. The third-order valence-corrected chi connectivity index (χ3v) is 4.50. The Bertz CT molecular complexity index is 531. The molecule has 108 valence electrons. The van der Waals surface area contributed by atoms with E-state index >= 15 is 0 Å². The first kappa shape index (κ1) is 15.1. The summed E-state index contributed by atoms with van der Waals surface area (Å²) in [4.78, 5) is 1.21. The maximum atomic E-state index is 4.20. The van der Waals surface area contributed by atoms with E-state index in [1.807, 2.05) is 36.7 Å². The van der Waals surface area contributed by atoms with Crippen molar-refractivity contribution in [3.63, 3.8) is 0 Å². The fourth-order valence-corrected chi connectivity index (χ4v) is 3.18. The molecule has 0 radical (unpaired) electrons. The summed E-state index contributed by atoms with van der Waals surface area (Å²) in [6, 6.07) is 9.31. The molecule has 0 bridgehead atoms. The largest absolute Gasteiger partial charge is 0.312 e. The van der Waals surface area contributed by atoms with Crippen molar-refractivity contribution in [2.75, 3.05) is 12.8 Å². The van der Waals surface area contributed by atoms with Crippen molar-refractivity contribution in [2.24, 2.45) is 7.05 Å². The highest BCUT2D eigenvalue weighted by Gasteiger charge is 2.11. The molecule has 1 heterocycles. The molecule has 2 rings (SSSR count). The zero-order chi connectivity index (χ0) is 14.5. The van der Waals surface area contributed by atoms with Gasteiger partial charge in [-0.25, -0.2) is 0 Å². The minimum atomic E-state index is 0.362. The van der Waals surface area contributed by atoms with Crippen molar-refractivity contribution in [3.8, 4) is 0 Å². The van der Waals surface area contributed by atoms with Crippen molar-refractivity contribution in [2.45, 2.75) is 30.7 Å². The number of benzene rings is 1. The molecular weight excluding hydrogens is 266 g/mol. The summed E-state index contributed by atoms with van der Waals surface area (Å²) in [5.41, 5.74) is 2.73. The zero-order valence-corrected chi connectivity index (χ0v) is 13.4. The average molecular weight is 289 g/mol. The predicted octanol–water partition coefficient (Wildman–Crippen LogP) is 3.60. The van der Waals surface area contributed by atoms with Crippen LogP contribution in [-0.4, -0.2) is 22.6 Å². The van der Waals surface area contributed by atoms with Crippen LogP contribution < -0.4 is 5.32 Å². The lowest BCUT2D eigenvalue weighted by molar-refractivity contribution is 0.661. The second-order valence-corrected chi connectivity index (χ2v) is 6.42. The minimum Gasteiger partial charge on any atom is -0.312 e. The number of nitrogens with zero attached hydrogens (tertiary/aromatic N) is 2. The maximum Gasteiger partial charge on any atom is 0.0625 e. The number of rotatable bonds is 6. The predicted molar refractivity (Wildman–Crippen MR) is 86.3 cm³/mol. The highest BCUT2D eigenvalue weighted by atomic mass is 32.2. The summed E-state index contributed by atoms with van der Waals surface area (Å²) >= 11 is 1.83. The lowest BCUT2D eigenvalue weighted by atomic mass is 10.00. The molecule has 1 aromatic heterocycles. The van der Waals surface area contributed by atoms with Crippen LogP contribution >= 0.6 is 11.8 Å². The first-order valence-corrected chi connectivity index (χ1v) is 7.97. The molecule has 1 unspecified atom stereocenters. The highest BCUT2D eigenvalue weighted by molar-refractivity contribution is 7.99. The molecule has 0 saturated carbocycles. The Balaban J connectivity index is 2.00. The summed E-state index contributed by atoms with van der Waals surface area (Å²) in [5, 5.41) is 7.60. The van der Waals surface area contributed by atoms with Crippen LogP contribution in [0.5, 0.6) is 0 Å². The Labute approximate surface area is 125 Å². The van der Waals surface area contributed by atoms with Gasteiger partial charge in [-0.15, -0.1) is 11.8 Å². The van der Waals surface area contributed by atoms with Crippen molar-refractivity contribution in [1.82, 2.24) is 15.1 Å². The Kier molecular flexibility index (Phi) is 5.26. The van der Waals surface area contributed by atoms with Crippen molar-refractivity contribution in [3.05, 3.63) is 47.8 Å². The van der Waals surface area contributed by atoms with E-state index < -0.39 is 0 Å². The fourth-order valence-electron chi connectivity index (χ4n) is 2.11. The Morgan fingerprint density at radius 3 is 2.35 bits per heavy atom. The fraction of sp³-hybridized carbons (Fsp3) is 0.438. The SMILES string of the molecule is CNC(CSc1cnn(C)c1)c1ccc(C(C)C)cc1. The van der Waals surface area contributed by atoms with E-state index in [0.717, 1.165) is 5.75 Å². The molecule has 1 N–H and O–H groups in total.